The lowest BCUT2D eigenvalue weighted by molar-refractivity contribution is 0.102. The van der Waals surface area contributed by atoms with E-state index < -0.39 is 0 Å². The molecule has 27 heavy (non-hydrogen) atoms. The van der Waals surface area contributed by atoms with Crippen molar-refractivity contribution in [3.05, 3.63) is 53.7 Å². The highest BCUT2D eigenvalue weighted by Crippen LogP contribution is 2.23. The Bertz CT molecular complexity index is 935. The van der Waals surface area contributed by atoms with Crippen LogP contribution in [-0.2, 0) is 5.41 Å². The third-order valence-corrected chi connectivity index (χ3v) is 4.31. The van der Waals surface area contributed by atoms with Gasteiger partial charge in [-0.05, 0) is 29.0 Å². The van der Waals surface area contributed by atoms with E-state index in [0.717, 1.165) is 12.4 Å². The maximum Gasteiger partial charge on any atom is 0.256 e. The maximum absolute atomic E-state index is 12.6. The van der Waals surface area contributed by atoms with Gasteiger partial charge in [0.1, 0.15) is 11.6 Å². The van der Waals surface area contributed by atoms with E-state index >= 15 is 0 Å². The molecule has 142 valence electrons. The molecule has 0 aliphatic heterocycles. The lowest BCUT2D eigenvalue weighted by Crippen LogP contribution is -2.16. The lowest BCUT2D eigenvalue weighted by Gasteiger charge is -2.19. The molecule has 0 unspecified atom stereocenters. The second kappa shape index (κ2) is 7.39. The molecule has 2 heterocycles. The quantitative estimate of drug-likeness (QED) is 0.705. The second-order valence-electron chi connectivity index (χ2n) is 8.18. The summed E-state index contributed by atoms with van der Waals surface area (Å²) in [4.78, 5) is 17.1. The first kappa shape index (κ1) is 18.9. The molecule has 2 N–H and O–H groups in total. The number of carbonyl (C=O) groups is 1. The Balaban J connectivity index is 1.82. The molecule has 0 saturated carbocycles. The predicted octanol–water partition coefficient (Wildman–Crippen LogP) is 4.35. The van der Waals surface area contributed by atoms with E-state index in [2.05, 4.69) is 55.3 Å². The molecule has 6 heteroatoms. The topological polar surface area (TPSA) is 71.3 Å². The van der Waals surface area contributed by atoms with Crippen LogP contribution in [0.3, 0.4) is 0 Å². The normalized spacial score (nSPS) is 11.8. The molecule has 3 rings (SSSR count). The highest BCUT2D eigenvalue weighted by atomic mass is 16.1. The van der Waals surface area contributed by atoms with Gasteiger partial charge in [-0.2, -0.15) is 9.61 Å². The molecule has 0 bridgehead atoms. The molecule has 0 aliphatic rings. The number of nitrogens with one attached hydrogen (secondary N) is 2. The number of hydrogen-bond acceptors (Lipinski definition) is 4. The zero-order valence-corrected chi connectivity index (χ0v) is 16.6. The van der Waals surface area contributed by atoms with Crippen molar-refractivity contribution in [3.8, 4) is 0 Å². The molecule has 0 aliphatic carbocycles. The summed E-state index contributed by atoms with van der Waals surface area (Å²) in [5, 5.41) is 10.5. The number of fused-ring (bicyclic) bond motifs is 1. The van der Waals surface area contributed by atoms with Crippen molar-refractivity contribution in [2.75, 3.05) is 17.2 Å². The van der Waals surface area contributed by atoms with E-state index in [1.807, 2.05) is 36.4 Å². The minimum Gasteiger partial charge on any atom is -0.370 e. The fourth-order valence-corrected chi connectivity index (χ4v) is 2.72. The molecule has 0 radical (unpaired) electrons. The van der Waals surface area contributed by atoms with Crippen molar-refractivity contribution in [3.63, 3.8) is 0 Å². The van der Waals surface area contributed by atoms with Crippen LogP contribution in [0.15, 0.2) is 42.6 Å². The minimum absolute atomic E-state index is 0.0561. The average molecular weight is 365 g/mol. The van der Waals surface area contributed by atoms with Crippen molar-refractivity contribution >= 4 is 23.2 Å². The van der Waals surface area contributed by atoms with Crippen molar-refractivity contribution in [2.24, 2.45) is 5.92 Å². The first-order chi connectivity index (χ1) is 12.7. The first-order valence-corrected chi connectivity index (χ1v) is 9.24. The van der Waals surface area contributed by atoms with Crippen LogP contribution in [0.25, 0.3) is 5.65 Å². The predicted molar refractivity (Wildman–Crippen MR) is 109 cm³/mol. The van der Waals surface area contributed by atoms with E-state index in [-0.39, 0.29) is 11.3 Å². The average Bonchev–Trinajstić information content (AvgIpc) is 3.07. The Morgan fingerprint density at radius 1 is 1.15 bits per heavy atom. The Kier molecular flexibility index (Phi) is 5.17. The van der Waals surface area contributed by atoms with Gasteiger partial charge in [0.2, 0.25) is 0 Å². The number of hydrogen-bond donors (Lipinski definition) is 2. The van der Waals surface area contributed by atoms with Crippen molar-refractivity contribution in [1.29, 1.82) is 0 Å². The summed E-state index contributed by atoms with van der Waals surface area (Å²) >= 11 is 0. The molecule has 3 aromatic rings. The van der Waals surface area contributed by atoms with Gasteiger partial charge >= 0.3 is 0 Å². The number of amides is 1. The summed E-state index contributed by atoms with van der Waals surface area (Å²) in [6, 6.07) is 11.3. The molecule has 1 aromatic carbocycles. The number of carbonyl (C=O) groups excluding carboxylic acids is 1. The standard InChI is InChI=1S/C21H27N5O/c1-14(2)13-22-19-12-17(24-18-10-11-23-26(18)19)25-20(27)15-6-8-16(9-7-15)21(3,4)5/h6-12,14,22H,13H2,1-5H3,(H,24,25,27). The van der Waals surface area contributed by atoms with E-state index in [0.29, 0.717) is 22.9 Å². The van der Waals surface area contributed by atoms with E-state index in [1.54, 1.807) is 10.7 Å². The van der Waals surface area contributed by atoms with Gasteiger partial charge in [-0.3, -0.25) is 4.79 Å². The van der Waals surface area contributed by atoms with Crippen LogP contribution in [0.2, 0.25) is 0 Å². The largest absolute Gasteiger partial charge is 0.370 e. The Hall–Kier alpha value is -2.89. The lowest BCUT2D eigenvalue weighted by atomic mass is 9.87. The number of benzene rings is 1. The number of rotatable bonds is 5. The third kappa shape index (κ3) is 4.45. The Morgan fingerprint density at radius 2 is 1.85 bits per heavy atom. The van der Waals surface area contributed by atoms with Gasteiger partial charge in [0.15, 0.2) is 5.65 Å². The van der Waals surface area contributed by atoms with Crippen LogP contribution in [0.5, 0.6) is 0 Å². The zero-order chi connectivity index (χ0) is 19.6. The summed E-state index contributed by atoms with van der Waals surface area (Å²) in [7, 11) is 0. The van der Waals surface area contributed by atoms with Crippen LogP contribution in [0, 0.1) is 5.92 Å². The van der Waals surface area contributed by atoms with E-state index in [4.69, 9.17) is 0 Å². The zero-order valence-electron chi connectivity index (χ0n) is 16.6. The van der Waals surface area contributed by atoms with Crippen LogP contribution >= 0.6 is 0 Å². The second-order valence-corrected chi connectivity index (χ2v) is 8.18. The molecule has 0 atom stereocenters. The highest BCUT2D eigenvalue weighted by molar-refractivity contribution is 6.04. The summed E-state index contributed by atoms with van der Waals surface area (Å²) in [6.07, 6.45) is 1.69. The molecule has 0 saturated heterocycles. The van der Waals surface area contributed by atoms with Crippen molar-refractivity contribution in [2.45, 2.75) is 40.0 Å². The number of nitrogens with zero attached hydrogens (tertiary/aromatic N) is 3. The fourth-order valence-electron chi connectivity index (χ4n) is 2.72. The van der Waals surface area contributed by atoms with Gasteiger partial charge in [-0.15, -0.1) is 0 Å². The fraction of sp³-hybridized carbons (Fsp3) is 0.381. The molecule has 6 nitrogen and oxygen atoms in total. The summed E-state index contributed by atoms with van der Waals surface area (Å²) in [5.74, 6) is 1.61. The summed E-state index contributed by atoms with van der Waals surface area (Å²) in [5.41, 5.74) is 2.54. The summed E-state index contributed by atoms with van der Waals surface area (Å²) < 4.78 is 1.73. The van der Waals surface area contributed by atoms with Crippen molar-refractivity contribution in [1.82, 2.24) is 14.6 Å². The van der Waals surface area contributed by atoms with Gasteiger partial charge in [0, 0.05) is 24.2 Å². The van der Waals surface area contributed by atoms with Gasteiger partial charge in [-0.25, -0.2) is 4.98 Å². The summed E-state index contributed by atoms with van der Waals surface area (Å²) in [6.45, 7) is 11.5. The first-order valence-electron chi connectivity index (χ1n) is 9.24. The highest BCUT2D eigenvalue weighted by Gasteiger charge is 2.15. The third-order valence-electron chi connectivity index (χ3n) is 4.31. The maximum atomic E-state index is 12.6. The molecule has 0 fully saturated rings. The number of anilines is 2. The van der Waals surface area contributed by atoms with Gasteiger partial charge < -0.3 is 10.6 Å². The van der Waals surface area contributed by atoms with E-state index in [1.165, 1.54) is 5.56 Å². The van der Waals surface area contributed by atoms with Gasteiger partial charge in [-0.1, -0.05) is 46.8 Å². The monoisotopic (exact) mass is 365 g/mol. The molecule has 1 amide bonds. The molecule has 0 spiro atoms. The Morgan fingerprint density at radius 3 is 2.48 bits per heavy atom. The van der Waals surface area contributed by atoms with Crippen LogP contribution < -0.4 is 10.6 Å². The SMILES string of the molecule is CC(C)CNc1cc(NC(=O)c2ccc(C(C)(C)C)cc2)nc2ccnn12. The van der Waals surface area contributed by atoms with E-state index in [9.17, 15) is 4.79 Å². The Labute approximate surface area is 160 Å². The smallest absolute Gasteiger partial charge is 0.256 e. The molecule has 2 aromatic heterocycles. The minimum atomic E-state index is -0.179. The number of aromatic nitrogens is 3. The molecular formula is C21H27N5O. The van der Waals surface area contributed by atoms with Gasteiger partial charge in [0.05, 0.1) is 6.20 Å². The van der Waals surface area contributed by atoms with Crippen LogP contribution in [0.4, 0.5) is 11.6 Å². The van der Waals surface area contributed by atoms with Gasteiger partial charge in [0.25, 0.3) is 5.91 Å². The van der Waals surface area contributed by atoms with Crippen molar-refractivity contribution < 1.29 is 4.79 Å². The van der Waals surface area contributed by atoms with Crippen LogP contribution in [-0.4, -0.2) is 27.0 Å². The molecular weight excluding hydrogens is 338 g/mol. The van der Waals surface area contributed by atoms with Crippen LogP contribution in [0.1, 0.15) is 50.5 Å².